The van der Waals surface area contributed by atoms with E-state index in [4.69, 9.17) is 4.74 Å². The molecule has 0 radical (unpaired) electrons. The molecule has 112 valence electrons. The first-order valence-corrected chi connectivity index (χ1v) is 6.18. The average molecular weight is 297 g/mol. The van der Waals surface area contributed by atoms with Crippen molar-refractivity contribution in [3.05, 3.63) is 47.3 Å². The van der Waals surface area contributed by atoms with Crippen LogP contribution in [-0.4, -0.2) is 17.1 Å². The summed E-state index contributed by atoms with van der Waals surface area (Å²) in [5.74, 6) is 1.41. The predicted octanol–water partition coefficient (Wildman–Crippen LogP) is 3.42. The van der Waals surface area contributed by atoms with Gasteiger partial charge in [-0.1, -0.05) is 12.1 Å². The van der Waals surface area contributed by atoms with E-state index in [1.165, 1.54) is 13.2 Å². The Bertz CT molecular complexity index is 629. The minimum absolute atomic E-state index is 0.226. The highest BCUT2D eigenvalue weighted by atomic mass is 19.4. The van der Waals surface area contributed by atoms with Gasteiger partial charge >= 0.3 is 6.18 Å². The van der Waals surface area contributed by atoms with E-state index in [0.717, 1.165) is 12.1 Å². The van der Waals surface area contributed by atoms with Gasteiger partial charge < -0.3 is 10.1 Å². The Kier molecular flexibility index (Phi) is 4.30. The lowest BCUT2D eigenvalue weighted by molar-refractivity contribution is -0.137. The second-order valence-electron chi connectivity index (χ2n) is 4.39. The second kappa shape index (κ2) is 5.99. The minimum atomic E-state index is -4.34. The number of rotatable bonds is 4. The predicted molar refractivity (Wildman–Crippen MR) is 72.1 cm³/mol. The molecule has 0 atom stereocenters. The molecule has 7 heteroatoms. The Morgan fingerprint density at radius 1 is 1.19 bits per heavy atom. The van der Waals surface area contributed by atoms with Crippen molar-refractivity contribution in [2.75, 3.05) is 12.4 Å². The van der Waals surface area contributed by atoms with Crippen LogP contribution in [0.4, 0.5) is 19.0 Å². The van der Waals surface area contributed by atoms with Crippen LogP contribution in [0.1, 0.15) is 17.0 Å². The molecule has 0 unspecified atom stereocenters. The van der Waals surface area contributed by atoms with E-state index >= 15 is 0 Å². The molecule has 21 heavy (non-hydrogen) atoms. The van der Waals surface area contributed by atoms with Crippen LogP contribution in [0, 0.1) is 6.92 Å². The Hall–Kier alpha value is -2.31. The second-order valence-corrected chi connectivity index (χ2v) is 4.39. The third-order valence-electron chi connectivity index (χ3n) is 2.75. The van der Waals surface area contributed by atoms with Gasteiger partial charge in [0.1, 0.15) is 11.6 Å². The van der Waals surface area contributed by atoms with Crippen molar-refractivity contribution >= 4 is 5.82 Å². The zero-order valence-electron chi connectivity index (χ0n) is 11.5. The number of hydrogen-bond acceptors (Lipinski definition) is 4. The average Bonchev–Trinajstić information content (AvgIpc) is 2.44. The lowest BCUT2D eigenvalue weighted by Crippen LogP contribution is -2.08. The van der Waals surface area contributed by atoms with Gasteiger partial charge in [0.2, 0.25) is 5.88 Å². The summed E-state index contributed by atoms with van der Waals surface area (Å²) in [4.78, 5) is 8.18. The van der Waals surface area contributed by atoms with Crippen LogP contribution in [-0.2, 0) is 12.7 Å². The molecule has 0 aliphatic carbocycles. The molecule has 0 aliphatic rings. The third-order valence-corrected chi connectivity index (χ3v) is 2.75. The number of anilines is 1. The number of alkyl halides is 3. The van der Waals surface area contributed by atoms with Crippen LogP contribution in [0.2, 0.25) is 0 Å². The van der Waals surface area contributed by atoms with Gasteiger partial charge in [0.15, 0.2) is 0 Å². The maximum atomic E-state index is 12.6. The molecule has 0 saturated carbocycles. The molecule has 1 aromatic heterocycles. The third kappa shape index (κ3) is 4.08. The summed E-state index contributed by atoms with van der Waals surface area (Å²) in [7, 11) is 1.48. The highest BCUT2D eigenvalue weighted by Gasteiger charge is 2.30. The monoisotopic (exact) mass is 297 g/mol. The van der Waals surface area contributed by atoms with E-state index < -0.39 is 11.7 Å². The fourth-order valence-corrected chi connectivity index (χ4v) is 1.79. The SMILES string of the molecule is COc1cc(NCc2cccc(C(F)(F)F)c2)nc(C)n1. The highest BCUT2D eigenvalue weighted by Crippen LogP contribution is 2.29. The summed E-state index contributed by atoms with van der Waals surface area (Å²) in [5, 5.41) is 2.96. The van der Waals surface area contributed by atoms with Crippen molar-refractivity contribution < 1.29 is 17.9 Å². The maximum absolute atomic E-state index is 12.6. The number of aromatic nitrogens is 2. The summed E-state index contributed by atoms with van der Waals surface area (Å²) >= 11 is 0. The van der Waals surface area contributed by atoms with Crippen molar-refractivity contribution in [1.82, 2.24) is 9.97 Å². The summed E-state index contributed by atoms with van der Waals surface area (Å²) in [6, 6.07) is 6.74. The molecular formula is C14H14F3N3O. The van der Waals surface area contributed by atoms with Crippen LogP contribution in [0.5, 0.6) is 5.88 Å². The molecule has 1 aromatic carbocycles. The number of halogens is 3. The van der Waals surface area contributed by atoms with Crippen molar-refractivity contribution in [1.29, 1.82) is 0 Å². The zero-order valence-corrected chi connectivity index (χ0v) is 11.5. The first-order valence-electron chi connectivity index (χ1n) is 6.18. The molecule has 4 nitrogen and oxygen atoms in total. The normalized spacial score (nSPS) is 11.3. The molecular weight excluding hydrogens is 283 g/mol. The topological polar surface area (TPSA) is 47.0 Å². The maximum Gasteiger partial charge on any atom is 0.416 e. The van der Waals surface area contributed by atoms with Gasteiger partial charge in [0.05, 0.1) is 12.7 Å². The molecule has 2 rings (SSSR count). The summed E-state index contributed by atoms with van der Waals surface area (Å²) in [5.41, 5.74) is -0.154. The van der Waals surface area contributed by atoms with E-state index in [0.29, 0.717) is 23.1 Å². The van der Waals surface area contributed by atoms with Crippen molar-refractivity contribution in [2.45, 2.75) is 19.6 Å². The Balaban J connectivity index is 2.11. The van der Waals surface area contributed by atoms with Gasteiger partial charge in [-0.2, -0.15) is 18.2 Å². The molecule has 0 aliphatic heterocycles. The van der Waals surface area contributed by atoms with E-state index in [2.05, 4.69) is 15.3 Å². The van der Waals surface area contributed by atoms with E-state index in [1.807, 2.05) is 0 Å². The number of nitrogens with one attached hydrogen (secondary N) is 1. The molecule has 0 spiro atoms. The van der Waals surface area contributed by atoms with Crippen LogP contribution in [0.3, 0.4) is 0 Å². The van der Waals surface area contributed by atoms with Gasteiger partial charge in [0.25, 0.3) is 0 Å². The van der Waals surface area contributed by atoms with Crippen molar-refractivity contribution in [3.8, 4) is 5.88 Å². The zero-order chi connectivity index (χ0) is 15.5. The number of nitrogens with zero attached hydrogens (tertiary/aromatic N) is 2. The van der Waals surface area contributed by atoms with Gasteiger partial charge in [-0.15, -0.1) is 0 Å². The quantitative estimate of drug-likeness (QED) is 0.939. The number of benzene rings is 1. The number of aryl methyl sites for hydroxylation is 1. The molecule has 1 N–H and O–H groups in total. The number of methoxy groups -OCH3 is 1. The van der Waals surface area contributed by atoms with Crippen LogP contribution < -0.4 is 10.1 Å². The van der Waals surface area contributed by atoms with Gasteiger partial charge in [0, 0.05) is 12.6 Å². The Morgan fingerprint density at radius 3 is 2.62 bits per heavy atom. The molecule has 0 saturated heterocycles. The summed E-state index contributed by atoms with van der Waals surface area (Å²) in [6.07, 6.45) is -4.34. The first kappa shape index (κ1) is 15.1. The first-order chi connectivity index (χ1) is 9.88. The minimum Gasteiger partial charge on any atom is -0.481 e. The molecule has 0 amide bonds. The van der Waals surface area contributed by atoms with E-state index in [1.54, 1.807) is 19.1 Å². The molecule has 2 aromatic rings. The van der Waals surface area contributed by atoms with Crippen molar-refractivity contribution in [2.24, 2.45) is 0 Å². The number of hydrogen-bond donors (Lipinski definition) is 1. The highest BCUT2D eigenvalue weighted by molar-refractivity contribution is 5.39. The van der Waals surface area contributed by atoms with Crippen LogP contribution in [0.15, 0.2) is 30.3 Å². The molecule has 0 bridgehead atoms. The fourth-order valence-electron chi connectivity index (χ4n) is 1.79. The van der Waals surface area contributed by atoms with E-state index in [-0.39, 0.29) is 6.54 Å². The van der Waals surface area contributed by atoms with Crippen molar-refractivity contribution in [3.63, 3.8) is 0 Å². The smallest absolute Gasteiger partial charge is 0.416 e. The van der Waals surface area contributed by atoms with Gasteiger partial charge in [-0.3, -0.25) is 0 Å². The van der Waals surface area contributed by atoms with E-state index in [9.17, 15) is 13.2 Å². The summed E-state index contributed by atoms with van der Waals surface area (Å²) < 4.78 is 42.9. The molecule has 1 heterocycles. The van der Waals surface area contributed by atoms with Crippen LogP contribution >= 0.6 is 0 Å². The van der Waals surface area contributed by atoms with Crippen LogP contribution in [0.25, 0.3) is 0 Å². The number of ether oxygens (including phenoxy) is 1. The fraction of sp³-hybridized carbons (Fsp3) is 0.286. The Labute approximate surface area is 120 Å². The molecule has 0 fully saturated rings. The largest absolute Gasteiger partial charge is 0.481 e. The lowest BCUT2D eigenvalue weighted by atomic mass is 10.1. The Morgan fingerprint density at radius 2 is 1.95 bits per heavy atom. The lowest BCUT2D eigenvalue weighted by Gasteiger charge is -2.10. The summed E-state index contributed by atoms with van der Waals surface area (Å²) in [6.45, 7) is 1.93. The standard InChI is InChI=1S/C14H14F3N3O/c1-9-19-12(7-13(20-9)21-2)18-8-10-4-3-5-11(6-10)14(15,16)17/h3-7H,8H2,1-2H3,(H,18,19,20). The van der Waals surface area contributed by atoms with Gasteiger partial charge in [-0.25, -0.2) is 4.98 Å². The van der Waals surface area contributed by atoms with Gasteiger partial charge in [-0.05, 0) is 24.6 Å².